The largest absolute Gasteiger partial charge is 0.481 e. The molecule has 0 aromatic rings. The highest BCUT2D eigenvalue weighted by molar-refractivity contribution is 6.05. The van der Waals surface area contributed by atoms with Gasteiger partial charge >= 0.3 is 5.97 Å². The Morgan fingerprint density at radius 1 is 1.05 bits per heavy atom. The molecule has 0 radical (unpaired) electrons. The minimum absolute atomic E-state index is 0.00700. The van der Waals surface area contributed by atoms with Crippen LogP contribution in [0.4, 0.5) is 0 Å². The molecule has 1 saturated carbocycles. The van der Waals surface area contributed by atoms with Crippen LogP contribution in [0.3, 0.4) is 0 Å². The van der Waals surface area contributed by atoms with Crippen molar-refractivity contribution in [3.8, 4) is 0 Å². The van der Waals surface area contributed by atoms with E-state index in [0.29, 0.717) is 19.4 Å². The van der Waals surface area contributed by atoms with Crippen molar-refractivity contribution in [1.29, 1.82) is 0 Å². The molecule has 1 saturated heterocycles. The van der Waals surface area contributed by atoms with Gasteiger partial charge in [0.1, 0.15) is 0 Å². The number of unbranched alkanes of at least 4 members (excludes halogenated alkanes) is 3. The summed E-state index contributed by atoms with van der Waals surface area (Å²) in [5.74, 6) is -0.718. The Kier molecular flexibility index (Phi) is 5.37. The topological polar surface area (TPSA) is 74.7 Å². The summed E-state index contributed by atoms with van der Waals surface area (Å²) >= 11 is 0. The van der Waals surface area contributed by atoms with Crippen molar-refractivity contribution in [1.82, 2.24) is 4.90 Å². The van der Waals surface area contributed by atoms with E-state index in [1.807, 2.05) is 0 Å². The van der Waals surface area contributed by atoms with Crippen molar-refractivity contribution in [2.75, 3.05) is 6.54 Å². The molecule has 5 heteroatoms. The van der Waals surface area contributed by atoms with Crippen LogP contribution in [0.25, 0.3) is 0 Å². The van der Waals surface area contributed by atoms with Crippen LogP contribution in [-0.2, 0) is 14.4 Å². The molecule has 1 N–H and O–H groups in total. The number of aliphatic carboxylic acids is 1. The van der Waals surface area contributed by atoms with Crippen molar-refractivity contribution in [2.45, 2.75) is 70.6 Å². The van der Waals surface area contributed by atoms with Crippen LogP contribution >= 0.6 is 0 Å². The highest BCUT2D eigenvalue weighted by atomic mass is 16.4. The predicted octanol–water partition coefficient (Wildman–Crippen LogP) is 2.73. The lowest BCUT2D eigenvalue weighted by Crippen LogP contribution is -2.37. The number of imide groups is 1. The zero-order valence-corrected chi connectivity index (χ0v) is 12.6. The first-order chi connectivity index (χ1) is 10.1. The molecule has 2 aliphatic rings. The standard InChI is InChI=1S/C16H25NO4/c18-13-12-16(9-5-3-6-10-16)15(21)17(13)11-7-2-1-4-8-14(19)20/h1-12H2,(H,19,20). The third-order valence-electron chi connectivity index (χ3n) is 4.82. The van der Waals surface area contributed by atoms with Crippen molar-refractivity contribution in [2.24, 2.45) is 5.41 Å². The minimum Gasteiger partial charge on any atom is -0.481 e. The van der Waals surface area contributed by atoms with Gasteiger partial charge in [-0.2, -0.15) is 0 Å². The number of hydrogen-bond donors (Lipinski definition) is 1. The number of carboxylic acid groups (broad SMARTS) is 1. The minimum atomic E-state index is -0.765. The average Bonchev–Trinajstić information content (AvgIpc) is 2.67. The highest BCUT2D eigenvalue weighted by Gasteiger charge is 2.50. The summed E-state index contributed by atoms with van der Waals surface area (Å²) in [4.78, 5) is 36.5. The summed E-state index contributed by atoms with van der Waals surface area (Å²) in [7, 11) is 0. The molecule has 0 unspecified atom stereocenters. The second kappa shape index (κ2) is 7.05. The van der Waals surface area contributed by atoms with E-state index in [1.54, 1.807) is 0 Å². The van der Waals surface area contributed by atoms with Crippen LogP contribution in [0, 0.1) is 5.41 Å². The van der Waals surface area contributed by atoms with E-state index in [2.05, 4.69) is 0 Å². The van der Waals surface area contributed by atoms with E-state index in [0.717, 1.165) is 44.9 Å². The maximum Gasteiger partial charge on any atom is 0.303 e. The molecule has 1 heterocycles. The van der Waals surface area contributed by atoms with Crippen LogP contribution in [0.5, 0.6) is 0 Å². The summed E-state index contributed by atoms with van der Waals surface area (Å²) in [5.41, 5.74) is -0.376. The molecular formula is C16H25NO4. The number of carboxylic acids is 1. The molecule has 118 valence electrons. The Labute approximate surface area is 125 Å². The molecule has 21 heavy (non-hydrogen) atoms. The summed E-state index contributed by atoms with van der Waals surface area (Å²) in [5, 5.41) is 8.56. The second-order valence-corrected chi connectivity index (χ2v) is 6.43. The van der Waals surface area contributed by atoms with E-state index < -0.39 is 5.97 Å². The van der Waals surface area contributed by atoms with Crippen molar-refractivity contribution < 1.29 is 19.5 Å². The van der Waals surface area contributed by atoms with Crippen molar-refractivity contribution in [3.05, 3.63) is 0 Å². The Morgan fingerprint density at radius 2 is 1.71 bits per heavy atom. The Hall–Kier alpha value is -1.39. The van der Waals surface area contributed by atoms with E-state index in [4.69, 9.17) is 5.11 Å². The van der Waals surface area contributed by atoms with E-state index in [9.17, 15) is 14.4 Å². The molecule has 1 spiro atoms. The highest BCUT2D eigenvalue weighted by Crippen LogP contribution is 2.45. The van der Waals surface area contributed by atoms with Crippen LogP contribution in [0.2, 0.25) is 0 Å². The second-order valence-electron chi connectivity index (χ2n) is 6.43. The quantitative estimate of drug-likeness (QED) is 0.579. The summed E-state index contributed by atoms with van der Waals surface area (Å²) in [6.07, 6.45) is 8.80. The SMILES string of the molecule is O=C(O)CCCCCCN1C(=O)CC2(CCCCC2)C1=O. The number of rotatable bonds is 7. The fraction of sp³-hybridized carbons (Fsp3) is 0.812. The molecule has 0 atom stereocenters. The van der Waals surface area contributed by atoms with Crippen LogP contribution < -0.4 is 0 Å². The van der Waals surface area contributed by atoms with E-state index in [-0.39, 0.29) is 23.7 Å². The molecule has 0 bridgehead atoms. The van der Waals surface area contributed by atoms with Crippen molar-refractivity contribution in [3.63, 3.8) is 0 Å². The van der Waals surface area contributed by atoms with Gasteiger partial charge in [-0.1, -0.05) is 32.1 Å². The third kappa shape index (κ3) is 3.83. The van der Waals surface area contributed by atoms with Gasteiger partial charge in [0, 0.05) is 19.4 Å². The van der Waals surface area contributed by atoms with Gasteiger partial charge in [-0.05, 0) is 25.7 Å². The Morgan fingerprint density at radius 3 is 2.38 bits per heavy atom. The van der Waals surface area contributed by atoms with Crippen LogP contribution in [0.1, 0.15) is 70.6 Å². The average molecular weight is 295 g/mol. The zero-order chi connectivity index (χ0) is 15.3. The molecule has 1 aliphatic heterocycles. The molecule has 5 nitrogen and oxygen atoms in total. The normalized spacial score (nSPS) is 21.2. The number of nitrogens with zero attached hydrogens (tertiary/aromatic N) is 1. The molecule has 2 rings (SSSR count). The first kappa shape index (κ1) is 16.0. The third-order valence-corrected chi connectivity index (χ3v) is 4.82. The number of amides is 2. The Balaban J connectivity index is 1.74. The maximum atomic E-state index is 12.5. The number of likely N-dealkylation sites (tertiary alicyclic amines) is 1. The lowest BCUT2D eigenvalue weighted by molar-refractivity contribution is -0.142. The van der Waals surface area contributed by atoms with Gasteiger partial charge in [0.25, 0.3) is 0 Å². The fourth-order valence-corrected chi connectivity index (χ4v) is 3.61. The van der Waals surface area contributed by atoms with Crippen molar-refractivity contribution >= 4 is 17.8 Å². The monoisotopic (exact) mass is 295 g/mol. The van der Waals surface area contributed by atoms with E-state index >= 15 is 0 Å². The number of carbonyl (C=O) groups excluding carboxylic acids is 2. The lowest BCUT2D eigenvalue weighted by Gasteiger charge is -2.30. The molecule has 2 fully saturated rings. The molecule has 1 aliphatic carbocycles. The first-order valence-corrected chi connectivity index (χ1v) is 8.12. The smallest absolute Gasteiger partial charge is 0.303 e. The molecular weight excluding hydrogens is 270 g/mol. The molecule has 2 amide bonds. The zero-order valence-electron chi connectivity index (χ0n) is 12.6. The summed E-state index contributed by atoms with van der Waals surface area (Å²) in [6.45, 7) is 0.506. The van der Waals surface area contributed by atoms with Crippen LogP contribution in [0.15, 0.2) is 0 Å². The van der Waals surface area contributed by atoms with Gasteiger partial charge < -0.3 is 5.11 Å². The molecule has 0 aromatic heterocycles. The maximum absolute atomic E-state index is 12.5. The van der Waals surface area contributed by atoms with E-state index in [1.165, 1.54) is 11.3 Å². The van der Waals surface area contributed by atoms with Gasteiger partial charge in [-0.15, -0.1) is 0 Å². The van der Waals surface area contributed by atoms with Gasteiger partial charge in [0.2, 0.25) is 11.8 Å². The first-order valence-electron chi connectivity index (χ1n) is 8.12. The predicted molar refractivity (Wildman–Crippen MR) is 77.6 cm³/mol. The van der Waals surface area contributed by atoms with Gasteiger partial charge in [-0.25, -0.2) is 0 Å². The fourth-order valence-electron chi connectivity index (χ4n) is 3.61. The number of carbonyl (C=O) groups is 3. The van der Waals surface area contributed by atoms with Gasteiger partial charge in [0.15, 0.2) is 0 Å². The summed E-state index contributed by atoms with van der Waals surface area (Å²) in [6, 6.07) is 0. The van der Waals surface area contributed by atoms with Crippen LogP contribution in [-0.4, -0.2) is 34.3 Å². The molecule has 0 aromatic carbocycles. The lowest BCUT2D eigenvalue weighted by atomic mass is 9.73. The number of hydrogen-bond acceptors (Lipinski definition) is 3. The Bertz CT molecular complexity index is 413. The van der Waals surface area contributed by atoms with Gasteiger partial charge in [0.05, 0.1) is 5.41 Å². The summed E-state index contributed by atoms with van der Waals surface area (Å²) < 4.78 is 0. The van der Waals surface area contributed by atoms with Gasteiger partial charge in [-0.3, -0.25) is 19.3 Å².